The van der Waals surface area contributed by atoms with Crippen LogP contribution in [0.25, 0.3) is 0 Å². The largest absolute Gasteiger partial charge is 0.496 e. The molecule has 0 spiro atoms. The lowest BCUT2D eigenvalue weighted by atomic mass is 10.1. The molecule has 0 aliphatic heterocycles. The van der Waals surface area contributed by atoms with Gasteiger partial charge < -0.3 is 9.84 Å². The van der Waals surface area contributed by atoms with Gasteiger partial charge in [-0.2, -0.15) is 0 Å². The Morgan fingerprint density at radius 2 is 2.12 bits per heavy atom. The van der Waals surface area contributed by atoms with Gasteiger partial charge in [-0.3, -0.25) is 0 Å². The van der Waals surface area contributed by atoms with Gasteiger partial charge in [-0.1, -0.05) is 11.6 Å². The van der Waals surface area contributed by atoms with Gasteiger partial charge in [0.25, 0.3) is 0 Å². The topological polar surface area (TPSA) is 63.6 Å². The number of hydrogen-bond donors (Lipinski definition) is 1. The van der Waals surface area contributed by atoms with Gasteiger partial charge in [0.15, 0.2) is 0 Å². The van der Waals surface area contributed by atoms with E-state index in [-0.39, 0.29) is 12.2 Å². The average Bonchev–Trinajstić information content (AvgIpc) is 2.14. The van der Waals surface area contributed by atoms with Gasteiger partial charge in [-0.25, -0.2) is 8.42 Å². The zero-order valence-electron chi connectivity index (χ0n) is 9.68. The van der Waals surface area contributed by atoms with Crippen LogP contribution in [0.1, 0.15) is 5.56 Å². The fourth-order valence-electron chi connectivity index (χ4n) is 1.57. The van der Waals surface area contributed by atoms with Crippen molar-refractivity contribution < 1.29 is 18.3 Å². The van der Waals surface area contributed by atoms with Crippen LogP contribution in [-0.2, 0) is 16.3 Å². The first-order chi connectivity index (χ1) is 7.81. The molecule has 4 nitrogen and oxygen atoms in total. The van der Waals surface area contributed by atoms with Crippen LogP contribution < -0.4 is 4.74 Å². The van der Waals surface area contributed by atoms with Crippen molar-refractivity contribution >= 4 is 21.4 Å². The fraction of sp³-hybridized carbons (Fsp3) is 0.455. The second-order valence-electron chi connectivity index (χ2n) is 3.91. The highest BCUT2D eigenvalue weighted by Crippen LogP contribution is 2.24. The number of methoxy groups -OCH3 is 1. The molecular formula is C11H15ClO4S. The second kappa shape index (κ2) is 5.71. The predicted molar refractivity (Wildman–Crippen MR) is 67.4 cm³/mol. The Morgan fingerprint density at radius 3 is 2.65 bits per heavy atom. The van der Waals surface area contributed by atoms with Crippen molar-refractivity contribution in [3.8, 4) is 5.75 Å². The maximum atomic E-state index is 11.0. The summed E-state index contributed by atoms with van der Waals surface area (Å²) in [6.45, 7) is 0. The van der Waals surface area contributed by atoms with E-state index in [2.05, 4.69) is 0 Å². The Kier molecular flexibility index (Phi) is 4.80. The van der Waals surface area contributed by atoms with E-state index in [0.717, 1.165) is 6.26 Å². The van der Waals surface area contributed by atoms with Crippen molar-refractivity contribution in [3.63, 3.8) is 0 Å². The molecule has 0 fully saturated rings. The molecule has 0 aromatic heterocycles. The maximum Gasteiger partial charge on any atom is 0.150 e. The third-order valence-corrected chi connectivity index (χ3v) is 3.42. The molecule has 0 saturated carbocycles. The smallest absolute Gasteiger partial charge is 0.150 e. The number of halogens is 1. The molecule has 0 bridgehead atoms. The number of rotatable bonds is 5. The number of aliphatic hydroxyl groups excluding tert-OH is 1. The summed E-state index contributed by atoms with van der Waals surface area (Å²) in [4.78, 5) is 0. The van der Waals surface area contributed by atoms with Crippen molar-refractivity contribution in [2.75, 3.05) is 19.1 Å². The lowest BCUT2D eigenvalue weighted by molar-refractivity contribution is 0.196. The molecule has 0 saturated heterocycles. The minimum atomic E-state index is -3.20. The SMILES string of the molecule is COc1ccc(Cl)cc1CC(O)CS(C)(=O)=O. The van der Waals surface area contributed by atoms with Gasteiger partial charge in [0.1, 0.15) is 15.6 Å². The maximum absolute atomic E-state index is 11.0. The van der Waals surface area contributed by atoms with E-state index in [1.807, 2.05) is 0 Å². The van der Waals surface area contributed by atoms with Gasteiger partial charge in [0.2, 0.25) is 0 Å². The van der Waals surface area contributed by atoms with Gasteiger partial charge in [0, 0.05) is 17.7 Å². The van der Waals surface area contributed by atoms with Gasteiger partial charge >= 0.3 is 0 Å². The molecule has 0 amide bonds. The van der Waals surface area contributed by atoms with Crippen LogP contribution in [0, 0.1) is 0 Å². The molecule has 0 aliphatic carbocycles. The highest BCUT2D eigenvalue weighted by atomic mass is 35.5. The van der Waals surface area contributed by atoms with E-state index >= 15 is 0 Å². The molecule has 1 aromatic rings. The first kappa shape index (κ1) is 14.3. The van der Waals surface area contributed by atoms with Crippen molar-refractivity contribution in [1.82, 2.24) is 0 Å². The summed E-state index contributed by atoms with van der Waals surface area (Å²) >= 11 is 5.83. The molecule has 0 heterocycles. The molecule has 1 rings (SSSR count). The summed E-state index contributed by atoms with van der Waals surface area (Å²) in [7, 11) is -1.69. The number of sulfone groups is 1. The van der Waals surface area contributed by atoms with Gasteiger partial charge in [-0.05, 0) is 23.8 Å². The molecule has 0 radical (unpaired) electrons. The third kappa shape index (κ3) is 4.93. The summed E-state index contributed by atoms with van der Waals surface area (Å²) in [6, 6.07) is 5.02. The van der Waals surface area contributed by atoms with Crippen molar-refractivity contribution in [2.24, 2.45) is 0 Å². The molecule has 1 atom stereocenters. The molecule has 96 valence electrons. The van der Waals surface area contributed by atoms with E-state index in [1.165, 1.54) is 7.11 Å². The van der Waals surface area contributed by atoms with Crippen LogP contribution in [-0.4, -0.2) is 38.7 Å². The second-order valence-corrected chi connectivity index (χ2v) is 6.53. The predicted octanol–water partition coefficient (Wildman–Crippen LogP) is 1.30. The van der Waals surface area contributed by atoms with Crippen LogP contribution in [0.15, 0.2) is 18.2 Å². The van der Waals surface area contributed by atoms with Gasteiger partial charge in [0.05, 0.1) is 19.0 Å². The van der Waals surface area contributed by atoms with E-state index in [9.17, 15) is 13.5 Å². The molecule has 1 unspecified atom stereocenters. The average molecular weight is 279 g/mol. The first-order valence-corrected chi connectivity index (χ1v) is 7.44. The van der Waals surface area contributed by atoms with E-state index in [1.54, 1.807) is 18.2 Å². The minimum absolute atomic E-state index is 0.191. The Hall–Kier alpha value is -0.780. The highest BCUT2D eigenvalue weighted by Gasteiger charge is 2.15. The number of aliphatic hydroxyl groups is 1. The monoisotopic (exact) mass is 278 g/mol. The quantitative estimate of drug-likeness (QED) is 0.882. The summed E-state index contributed by atoms with van der Waals surface area (Å²) in [5, 5.41) is 10.2. The molecule has 6 heteroatoms. The zero-order valence-corrected chi connectivity index (χ0v) is 11.3. The summed E-state index contributed by atoms with van der Waals surface area (Å²) in [5.74, 6) is 0.310. The van der Waals surface area contributed by atoms with Crippen molar-refractivity contribution in [1.29, 1.82) is 0 Å². The van der Waals surface area contributed by atoms with E-state index < -0.39 is 15.9 Å². The summed E-state index contributed by atoms with van der Waals surface area (Å²) in [6.07, 6.45) is 0.319. The summed E-state index contributed by atoms with van der Waals surface area (Å²) < 4.78 is 27.2. The summed E-state index contributed by atoms with van der Waals surface area (Å²) in [5.41, 5.74) is 0.691. The van der Waals surface area contributed by atoms with Gasteiger partial charge in [-0.15, -0.1) is 0 Å². The standard InChI is InChI=1S/C11H15ClO4S/c1-16-11-4-3-9(12)5-8(11)6-10(13)7-17(2,14)15/h3-5,10,13H,6-7H2,1-2H3. The lowest BCUT2D eigenvalue weighted by Crippen LogP contribution is -2.22. The molecule has 17 heavy (non-hydrogen) atoms. The lowest BCUT2D eigenvalue weighted by Gasteiger charge is -2.13. The molecule has 0 aliphatic rings. The van der Waals surface area contributed by atoms with E-state index in [4.69, 9.17) is 16.3 Å². The van der Waals surface area contributed by atoms with Crippen molar-refractivity contribution in [2.45, 2.75) is 12.5 Å². The Balaban J connectivity index is 2.83. The zero-order chi connectivity index (χ0) is 13.1. The number of hydrogen-bond acceptors (Lipinski definition) is 4. The van der Waals surface area contributed by atoms with Crippen LogP contribution in [0.2, 0.25) is 5.02 Å². The van der Waals surface area contributed by atoms with E-state index in [0.29, 0.717) is 16.3 Å². The van der Waals surface area contributed by atoms with Crippen LogP contribution in [0.3, 0.4) is 0 Å². The number of ether oxygens (including phenoxy) is 1. The van der Waals surface area contributed by atoms with Crippen LogP contribution >= 0.6 is 11.6 Å². The third-order valence-electron chi connectivity index (χ3n) is 2.19. The Morgan fingerprint density at radius 1 is 1.47 bits per heavy atom. The fourth-order valence-corrected chi connectivity index (χ4v) is 2.58. The van der Waals surface area contributed by atoms with Crippen LogP contribution in [0.5, 0.6) is 5.75 Å². The highest BCUT2D eigenvalue weighted by molar-refractivity contribution is 7.90. The molecule has 1 N–H and O–H groups in total. The van der Waals surface area contributed by atoms with Crippen LogP contribution in [0.4, 0.5) is 0 Å². The molecular weight excluding hydrogens is 264 g/mol. The van der Waals surface area contributed by atoms with Crippen molar-refractivity contribution in [3.05, 3.63) is 28.8 Å². The first-order valence-electron chi connectivity index (χ1n) is 5.00. The normalized spacial score (nSPS) is 13.4. The molecule has 1 aromatic carbocycles. The Bertz CT molecular complexity index is 484. The Labute approximate surface area is 106 Å². The number of benzene rings is 1. The minimum Gasteiger partial charge on any atom is -0.496 e.